The topological polar surface area (TPSA) is 35.8 Å². The normalized spacial score (nSPS) is 11.9. The summed E-state index contributed by atoms with van der Waals surface area (Å²) in [4.78, 5) is 0. The summed E-state index contributed by atoms with van der Waals surface area (Å²) < 4.78 is 0. The van der Waals surface area contributed by atoms with Gasteiger partial charge in [-0.1, -0.05) is 17.7 Å². The molecular weight excluding hydrogens is 196 g/mol. The van der Waals surface area contributed by atoms with Gasteiger partial charge in [-0.3, -0.25) is 0 Å². The van der Waals surface area contributed by atoms with Crippen molar-refractivity contribution in [2.75, 3.05) is 5.32 Å². The van der Waals surface area contributed by atoms with Crippen LogP contribution < -0.4 is 5.32 Å². The van der Waals surface area contributed by atoms with E-state index in [9.17, 15) is 0 Å². The third kappa shape index (κ3) is 2.93. The number of nitrogens with one attached hydrogen (secondary N) is 1. The van der Waals surface area contributed by atoms with Gasteiger partial charge in [0.05, 0.1) is 23.2 Å². The molecular formula is C11H13ClN2. The zero-order valence-corrected chi connectivity index (χ0v) is 9.10. The lowest BCUT2D eigenvalue weighted by atomic mass is 10.2. The molecule has 1 aromatic carbocycles. The van der Waals surface area contributed by atoms with E-state index in [1.165, 1.54) is 0 Å². The molecule has 1 rings (SSSR count). The summed E-state index contributed by atoms with van der Waals surface area (Å²) in [5.74, 6) is 0. The maximum absolute atomic E-state index is 8.51. The van der Waals surface area contributed by atoms with Gasteiger partial charge in [0.1, 0.15) is 0 Å². The quantitative estimate of drug-likeness (QED) is 0.827. The summed E-state index contributed by atoms with van der Waals surface area (Å²) in [6.45, 7) is 3.95. The van der Waals surface area contributed by atoms with E-state index < -0.39 is 0 Å². The Hall–Kier alpha value is -1.20. The van der Waals surface area contributed by atoms with Crippen LogP contribution in [0.4, 0.5) is 5.69 Å². The minimum atomic E-state index is 0.125. The average Bonchev–Trinajstić information content (AvgIpc) is 2.10. The lowest BCUT2D eigenvalue weighted by Crippen LogP contribution is -2.14. The number of aryl methyl sites for hydroxylation is 1. The van der Waals surface area contributed by atoms with Crippen molar-refractivity contribution >= 4 is 17.3 Å². The van der Waals surface area contributed by atoms with E-state index in [2.05, 4.69) is 11.4 Å². The molecule has 0 fully saturated rings. The van der Waals surface area contributed by atoms with Crippen LogP contribution >= 0.6 is 11.6 Å². The highest BCUT2D eigenvalue weighted by molar-refractivity contribution is 6.33. The zero-order chi connectivity index (χ0) is 10.6. The van der Waals surface area contributed by atoms with Crippen molar-refractivity contribution in [2.45, 2.75) is 26.3 Å². The molecule has 0 radical (unpaired) electrons. The molecule has 0 aliphatic rings. The van der Waals surface area contributed by atoms with Crippen molar-refractivity contribution in [2.24, 2.45) is 0 Å². The Balaban J connectivity index is 2.73. The Labute approximate surface area is 89.5 Å². The maximum Gasteiger partial charge on any atom is 0.0643 e. The lowest BCUT2D eigenvalue weighted by Gasteiger charge is -2.13. The Kier molecular flexibility index (Phi) is 3.79. The molecule has 0 heterocycles. The molecule has 0 aliphatic carbocycles. The largest absolute Gasteiger partial charge is 0.380 e. The Morgan fingerprint density at radius 2 is 2.29 bits per heavy atom. The van der Waals surface area contributed by atoms with Crippen LogP contribution in [0.15, 0.2) is 18.2 Å². The highest BCUT2D eigenvalue weighted by Gasteiger charge is 2.04. The molecule has 0 aliphatic heterocycles. The van der Waals surface area contributed by atoms with Gasteiger partial charge in [0, 0.05) is 6.04 Å². The highest BCUT2D eigenvalue weighted by Crippen LogP contribution is 2.23. The van der Waals surface area contributed by atoms with Crippen LogP contribution in [0, 0.1) is 18.3 Å². The Morgan fingerprint density at radius 3 is 2.86 bits per heavy atom. The van der Waals surface area contributed by atoms with Gasteiger partial charge in [0.25, 0.3) is 0 Å². The van der Waals surface area contributed by atoms with Crippen molar-refractivity contribution in [1.82, 2.24) is 0 Å². The third-order valence-corrected chi connectivity index (χ3v) is 2.24. The smallest absolute Gasteiger partial charge is 0.0643 e. The zero-order valence-electron chi connectivity index (χ0n) is 8.34. The molecule has 0 amide bonds. The SMILES string of the molecule is Cc1ccc(NC(C)CC#N)c(Cl)c1. The van der Waals surface area contributed by atoms with E-state index in [0.29, 0.717) is 11.4 Å². The molecule has 74 valence electrons. The molecule has 1 unspecified atom stereocenters. The maximum atomic E-state index is 8.51. The average molecular weight is 209 g/mol. The first-order valence-corrected chi connectivity index (χ1v) is 4.91. The van der Waals surface area contributed by atoms with E-state index in [4.69, 9.17) is 16.9 Å². The molecule has 1 atom stereocenters. The second kappa shape index (κ2) is 4.88. The number of nitrogens with zero attached hydrogens (tertiary/aromatic N) is 1. The van der Waals surface area contributed by atoms with E-state index in [-0.39, 0.29) is 6.04 Å². The molecule has 3 heteroatoms. The van der Waals surface area contributed by atoms with Crippen molar-refractivity contribution in [1.29, 1.82) is 5.26 Å². The molecule has 0 saturated heterocycles. The first-order valence-electron chi connectivity index (χ1n) is 4.53. The number of nitriles is 1. The fourth-order valence-electron chi connectivity index (χ4n) is 1.19. The minimum absolute atomic E-state index is 0.125. The monoisotopic (exact) mass is 208 g/mol. The molecule has 1 N–H and O–H groups in total. The number of benzene rings is 1. The number of hydrogen-bond acceptors (Lipinski definition) is 2. The summed E-state index contributed by atoms with van der Waals surface area (Å²) in [7, 11) is 0. The molecule has 0 aromatic heterocycles. The van der Waals surface area contributed by atoms with E-state index >= 15 is 0 Å². The van der Waals surface area contributed by atoms with Gasteiger partial charge in [-0.05, 0) is 31.5 Å². The molecule has 0 spiro atoms. The first kappa shape index (κ1) is 10.9. The van der Waals surface area contributed by atoms with Crippen molar-refractivity contribution in [3.05, 3.63) is 28.8 Å². The van der Waals surface area contributed by atoms with Crippen molar-refractivity contribution in [3.8, 4) is 6.07 Å². The van der Waals surface area contributed by atoms with Gasteiger partial charge < -0.3 is 5.32 Å². The highest BCUT2D eigenvalue weighted by atomic mass is 35.5. The predicted molar refractivity (Wildman–Crippen MR) is 59.5 cm³/mol. The summed E-state index contributed by atoms with van der Waals surface area (Å²) in [5.41, 5.74) is 2.02. The van der Waals surface area contributed by atoms with Gasteiger partial charge in [-0.25, -0.2) is 0 Å². The number of hydrogen-bond donors (Lipinski definition) is 1. The van der Waals surface area contributed by atoms with E-state index in [0.717, 1.165) is 11.3 Å². The number of anilines is 1. The third-order valence-electron chi connectivity index (χ3n) is 1.92. The number of halogens is 1. The minimum Gasteiger partial charge on any atom is -0.380 e. The van der Waals surface area contributed by atoms with E-state index in [1.54, 1.807) is 0 Å². The first-order chi connectivity index (χ1) is 6.63. The van der Waals surface area contributed by atoms with Crippen LogP contribution in [0.2, 0.25) is 5.02 Å². The van der Waals surface area contributed by atoms with Crippen LogP contribution in [-0.2, 0) is 0 Å². The molecule has 2 nitrogen and oxygen atoms in total. The standard InChI is InChI=1S/C11H13ClN2/c1-8-3-4-11(10(12)7-8)14-9(2)5-6-13/h3-4,7,9,14H,5H2,1-2H3. The molecule has 0 saturated carbocycles. The molecule has 0 bridgehead atoms. The second-order valence-electron chi connectivity index (χ2n) is 3.39. The summed E-state index contributed by atoms with van der Waals surface area (Å²) in [6.07, 6.45) is 0.476. The number of rotatable bonds is 3. The van der Waals surface area contributed by atoms with Gasteiger partial charge in [-0.2, -0.15) is 5.26 Å². The summed E-state index contributed by atoms with van der Waals surface area (Å²) in [5, 5.41) is 12.4. The second-order valence-corrected chi connectivity index (χ2v) is 3.80. The van der Waals surface area contributed by atoms with E-state index in [1.807, 2.05) is 32.0 Å². The van der Waals surface area contributed by atoms with Crippen LogP contribution in [0.5, 0.6) is 0 Å². The van der Waals surface area contributed by atoms with Gasteiger partial charge in [0.2, 0.25) is 0 Å². The summed E-state index contributed by atoms with van der Waals surface area (Å²) in [6, 6.07) is 8.07. The Bertz CT molecular complexity index is 355. The summed E-state index contributed by atoms with van der Waals surface area (Å²) >= 11 is 6.03. The Morgan fingerprint density at radius 1 is 1.57 bits per heavy atom. The van der Waals surface area contributed by atoms with Crippen LogP contribution in [-0.4, -0.2) is 6.04 Å². The fourth-order valence-corrected chi connectivity index (χ4v) is 1.48. The van der Waals surface area contributed by atoms with Crippen LogP contribution in [0.3, 0.4) is 0 Å². The van der Waals surface area contributed by atoms with Gasteiger partial charge >= 0.3 is 0 Å². The van der Waals surface area contributed by atoms with Gasteiger partial charge in [-0.15, -0.1) is 0 Å². The fraction of sp³-hybridized carbons (Fsp3) is 0.364. The van der Waals surface area contributed by atoms with Crippen LogP contribution in [0.1, 0.15) is 18.9 Å². The van der Waals surface area contributed by atoms with Crippen molar-refractivity contribution in [3.63, 3.8) is 0 Å². The van der Waals surface area contributed by atoms with Crippen molar-refractivity contribution < 1.29 is 0 Å². The molecule has 14 heavy (non-hydrogen) atoms. The van der Waals surface area contributed by atoms with Gasteiger partial charge in [0.15, 0.2) is 0 Å². The predicted octanol–water partition coefficient (Wildman–Crippen LogP) is 3.36. The molecule has 1 aromatic rings. The van der Waals surface area contributed by atoms with Crippen LogP contribution in [0.25, 0.3) is 0 Å². The lowest BCUT2D eigenvalue weighted by molar-refractivity contribution is 0.821.